The Morgan fingerprint density at radius 1 is 1.33 bits per heavy atom. The Bertz CT molecular complexity index is 463. The van der Waals surface area contributed by atoms with E-state index in [1.54, 1.807) is 13.8 Å². The first-order chi connectivity index (χ1) is 8.23. The summed E-state index contributed by atoms with van der Waals surface area (Å²) in [6, 6.07) is 0. The Hall–Kier alpha value is -1.37. The third-order valence-corrected chi connectivity index (χ3v) is 3.28. The monoisotopic (exact) mass is 261 g/mol. The number of hydrogen-bond acceptors (Lipinski definition) is 4. The van der Waals surface area contributed by atoms with Crippen LogP contribution in [-0.4, -0.2) is 39.9 Å². The smallest absolute Gasteiger partial charge is 0.379 e. The van der Waals surface area contributed by atoms with Crippen LogP contribution < -0.4 is 4.90 Å². The van der Waals surface area contributed by atoms with Gasteiger partial charge in [0.05, 0.1) is 24.1 Å². The molecular weight excluding hydrogens is 247 g/mol. The highest BCUT2D eigenvalue weighted by Gasteiger charge is 2.57. The average molecular weight is 261 g/mol. The number of hydrogen-bond donors (Lipinski definition) is 1. The molecule has 0 amide bonds. The molecule has 0 bridgehead atoms. The number of rotatable bonds is 1. The second-order valence-corrected chi connectivity index (χ2v) is 4.60. The zero-order valence-corrected chi connectivity index (χ0v) is 10.1. The molecule has 18 heavy (non-hydrogen) atoms. The molecule has 1 aromatic heterocycles. The molecule has 0 aliphatic carbocycles. The topological polar surface area (TPSA) is 49.2 Å². The maximum absolute atomic E-state index is 12.7. The number of aryl methyl sites for hydroxylation is 2. The van der Waals surface area contributed by atoms with Gasteiger partial charge in [-0.3, -0.25) is 4.98 Å². The van der Waals surface area contributed by atoms with Crippen LogP contribution in [0.5, 0.6) is 0 Å². The number of alkyl halides is 3. The first-order valence-corrected chi connectivity index (χ1v) is 5.57. The van der Waals surface area contributed by atoms with Gasteiger partial charge in [0.1, 0.15) is 5.82 Å². The number of halogens is 3. The fourth-order valence-electron chi connectivity index (χ4n) is 1.90. The minimum absolute atomic E-state index is 0.118. The lowest BCUT2D eigenvalue weighted by Gasteiger charge is -2.26. The largest absolute Gasteiger partial charge is 0.418 e. The normalized spacial score (nSPS) is 24.7. The van der Waals surface area contributed by atoms with Crippen LogP contribution in [0.4, 0.5) is 19.0 Å². The number of anilines is 1. The number of aliphatic hydroxyl groups is 1. The summed E-state index contributed by atoms with van der Waals surface area (Å²) in [7, 11) is 0. The van der Waals surface area contributed by atoms with Crippen molar-refractivity contribution in [2.45, 2.75) is 32.0 Å². The lowest BCUT2D eigenvalue weighted by atomic mass is 10.0. The maximum Gasteiger partial charge on any atom is 0.418 e. The summed E-state index contributed by atoms with van der Waals surface area (Å²) in [4.78, 5) is 9.66. The van der Waals surface area contributed by atoms with Gasteiger partial charge in [-0.05, 0) is 13.8 Å². The minimum Gasteiger partial charge on any atom is -0.379 e. The van der Waals surface area contributed by atoms with E-state index in [1.807, 2.05) is 0 Å². The molecule has 1 atom stereocenters. The molecule has 1 fully saturated rings. The van der Waals surface area contributed by atoms with E-state index >= 15 is 0 Å². The molecule has 1 aliphatic heterocycles. The highest BCUT2D eigenvalue weighted by molar-refractivity contribution is 5.40. The van der Waals surface area contributed by atoms with Crippen molar-refractivity contribution in [1.82, 2.24) is 9.97 Å². The van der Waals surface area contributed by atoms with E-state index in [9.17, 15) is 18.3 Å². The van der Waals surface area contributed by atoms with Crippen LogP contribution in [0.15, 0.2) is 6.20 Å². The SMILES string of the molecule is Cc1ncc(N2CCC(O)(C(F)(F)F)C2)nc1C. The van der Waals surface area contributed by atoms with Crippen molar-refractivity contribution in [1.29, 1.82) is 0 Å². The number of β-amino-alcohol motifs (C(OH)–C–C–N with tert-alkyl or cyclic N) is 1. The zero-order chi connectivity index (χ0) is 13.6. The van der Waals surface area contributed by atoms with Crippen LogP contribution in [0.2, 0.25) is 0 Å². The summed E-state index contributed by atoms with van der Waals surface area (Å²) in [6.45, 7) is 3.15. The van der Waals surface area contributed by atoms with Crippen molar-refractivity contribution in [2.24, 2.45) is 0 Å². The van der Waals surface area contributed by atoms with Crippen molar-refractivity contribution in [3.8, 4) is 0 Å². The fraction of sp³-hybridized carbons (Fsp3) is 0.636. The van der Waals surface area contributed by atoms with Crippen molar-refractivity contribution in [3.63, 3.8) is 0 Å². The Morgan fingerprint density at radius 3 is 2.50 bits per heavy atom. The Labute approximate surface area is 102 Å². The van der Waals surface area contributed by atoms with E-state index in [4.69, 9.17) is 0 Å². The lowest BCUT2D eigenvalue weighted by molar-refractivity contribution is -0.250. The van der Waals surface area contributed by atoms with Gasteiger partial charge in [0, 0.05) is 13.0 Å². The minimum atomic E-state index is -4.62. The van der Waals surface area contributed by atoms with Crippen LogP contribution in [0.25, 0.3) is 0 Å². The maximum atomic E-state index is 12.7. The van der Waals surface area contributed by atoms with E-state index in [-0.39, 0.29) is 13.0 Å². The molecule has 0 radical (unpaired) electrons. The van der Waals surface area contributed by atoms with Crippen LogP contribution in [0, 0.1) is 13.8 Å². The van der Waals surface area contributed by atoms with Gasteiger partial charge in [-0.15, -0.1) is 0 Å². The molecule has 1 saturated heterocycles. The Kier molecular flexibility index (Phi) is 2.96. The first kappa shape index (κ1) is 13.1. The summed E-state index contributed by atoms with van der Waals surface area (Å²) in [5.74, 6) is 0.373. The lowest BCUT2D eigenvalue weighted by Crippen LogP contribution is -2.47. The zero-order valence-electron chi connectivity index (χ0n) is 10.1. The highest BCUT2D eigenvalue weighted by atomic mass is 19.4. The first-order valence-electron chi connectivity index (χ1n) is 5.57. The molecule has 0 spiro atoms. The second-order valence-electron chi connectivity index (χ2n) is 4.60. The van der Waals surface area contributed by atoms with E-state index in [0.717, 1.165) is 5.69 Å². The summed E-state index contributed by atoms with van der Waals surface area (Å²) >= 11 is 0. The molecule has 1 aromatic rings. The molecule has 1 N–H and O–H groups in total. The fourth-order valence-corrected chi connectivity index (χ4v) is 1.90. The third-order valence-electron chi connectivity index (χ3n) is 3.28. The van der Waals surface area contributed by atoms with Gasteiger partial charge in [-0.1, -0.05) is 0 Å². The standard InChI is InChI=1S/C11H14F3N3O/c1-7-8(2)16-9(5-15-7)17-4-3-10(18,6-17)11(12,13)14/h5,18H,3-4,6H2,1-2H3. The van der Waals surface area contributed by atoms with Gasteiger partial charge < -0.3 is 10.0 Å². The summed E-state index contributed by atoms with van der Waals surface area (Å²) in [6.07, 6.45) is -3.52. The van der Waals surface area contributed by atoms with Crippen LogP contribution in [0.1, 0.15) is 17.8 Å². The van der Waals surface area contributed by atoms with Gasteiger partial charge in [0.15, 0.2) is 5.60 Å². The van der Waals surface area contributed by atoms with Crippen molar-refractivity contribution < 1.29 is 18.3 Å². The van der Waals surface area contributed by atoms with E-state index in [2.05, 4.69) is 9.97 Å². The quantitative estimate of drug-likeness (QED) is 0.834. The summed E-state index contributed by atoms with van der Waals surface area (Å²) < 4.78 is 38.0. The molecule has 0 saturated carbocycles. The third kappa shape index (κ3) is 2.14. The van der Waals surface area contributed by atoms with Crippen molar-refractivity contribution in [3.05, 3.63) is 17.6 Å². The molecule has 0 aromatic carbocycles. The predicted molar refractivity (Wildman–Crippen MR) is 59.3 cm³/mol. The molecule has 1 unspecified atom stereocenters. The molecule has 7 heteroatoms. The molecule has 1 aliphatic rings. The van der Waals surface area contributed by atoms with Crippen molar-refractivity contribution >= 4 is 5.82 Å². The van der Waals surface area contributed by atoms with Gasteiger partial charge in [0.25, 0.3) is 0 Å². The summed E-state index contributed by atoms with van der Waals surface area (Å²) in [5, 5.41) is 9.57. The Balaban J connectivity index is 2.21. The second kappa shape index (κ2) is 4.08. The van der Waals surface area contributed by atoms with Crippen molar-refractivity contribution in [2.75, 3.05) is 18.0 Å². The number of aromatic nitrogens is 2. The molecule has 2 rings (SSSR count). The average Bonchev–Trinajstić information content (AvgIpc) is 2.66. The highest BCUT2D eigenvalue weighted by Crippen LogP contribution is 2.38. The van der Waals surface area contributed by atoms with E-state index in [0.29, 0.717) is 11.5 Å². The molecular formula is C11H14F3N3O. The summed E-state index contributed by atoms with van der Waals surface area (Å²) in [5.41, 5.74) is -1.23. The van der Waals surface area contributed by atoms with Crippen LogP contribution in [0.3, 0.4) is 0 Å². The molecule has 100 valence electrons. The van der Waals surface area contributed by atoms with Gasteiger partial charge in [-0.2, -0.15) is 13.2 Å². The molecule has 2 heterocycles. The molecule has 4 nitrogen and oxygen atoms in total. The van der Waals surface area contributed by atoms with Crippen LogP contribution in [-0.2, 0) is 0 Å². The predicted octanol–water partition coefficient (Wildman–Crippen LogP) is 1.60. The van der Waals surface area contributed by atoms with E-state index in [1.165, 1.54) is 11.1 Å². The van der Waals surface area contributed by atoms with Gasteiger partial charge in [0.2, 0.25) is 0 Å². The van der Waals surface area contributed by atoms with Gasteiger partial charge >= 0.3 is 6.18 Å². The van der Waals surface area contributed by atoms with E-state index < -0.39 is 18.3 Å². The van der Waals surface area contributed by atoms with Gasteiger partial charge in [-0.25, -0.2) is 4.98 Å². The van der Waals surface area contributed by atoms with Crippen LogP contribution >= 0.6 is 0 Å². The number of nitrogens with zero attached hydrogens (tertiary/aromatic N) is 3. The Morgan fingerprint density at radius 2 is 2.00 bits per heavy atom.